The number of aromatic nitrogens is 2. The van der Waals surface area contributed by atoms with E-state index in [1.165, 1.54) is 46.1 Å². The molecule has 1 N–H and O–H groups in total. The van der Waals surface area contributed by atoms with Crippen molar-refractivity contribution in [1.82, 2.24) is 19.8 Å². The zero-order chi connectivity index (χ0) is 22.5. The lowest BCUT2D eigenvalue weighted by Crippen LogP contribution is -2.46. The van der Waals surface area contributed by atoms with E-state index in [2.05, 4.69) is 59.0 Å². The van der Waals surface area contributed by atoms with Crippen molar-refractivity contribution in [3.8, 4) is 0 Å². The summed E-state index contributed by atoms with van der Waals surface area (Å²) in [5.74, 6) is 1.82. The van der Waals surface area contributed by atoms with Crippen molar-refractivity contribution >= 4 is 35.0 Å². The van der Waals surface area contributed by atoms with Gasteiger partial charge in [0, 0.05) is 56.9 Å². The monoisotopic (exact) mass is 479 g/mol. The maximum atomic E-state index is 13.5. The van der Waals surface area contributed by atoms with Crippen molar-refractivity contribution in [1.29, 1.82) is 0 Å². The molecule has 2 aliphatic heterocycles. The van der Waals surface area contributed by atoms with Crippen LogP contribution in [0.4, 0.5) is 5.82 Å². The summed E-state index contributed by atoms with van der Waals surface area (Å²) >= 11 is 0. The van der Waals surface area contributed by atoms with E-state index in [4.69, 9.17) is 4.98 Å². The molecule has 0 bridgehead atoms. The van der Waals surface area contributed by atoms with Crippen LogP contribution in [0.3, 0.4) is 0 Å². The second-order valence-electron chi connectivity index (χ2n) is 9.97. The number of hydrogen-bond acceptors (Lipinski definition) is 4. The number of aryl methyl sites for hydroxylation is 1. The Kier molecular flexibility index (Phi) is 6.30. The number of amides is 1. The third-order valence-corrected chi connectivity index (χ3v) is 7.79. The Morgan fingerprint density at radius 2 is 1.82 bits per heavy atom. The fourth-order valence-electron chi connectivity index (χ4n) is 5.47. The van der Waals surface area contributed by atoms with Crippen LogP contribution in [0.5, 0.6) is 0 Å². The van der Waals surface area contributed by atoms with Gasteiger partial charge in [-0.3, -0.25) is 4.79 Å². The van der Waals surface area contributed by atoms with E-state index >= 15 is 0 Å². The Morgan fingerprint density at radius 3 is 2.56 bits per heavy atom. The first-order chi connectivity index (χ1) is 16.1. The maximum Gasteiger partial charge on any atom is 0.272 e. The minimum Gasteiger partial charge on any atom is -0.350 e. The lowest BCUT2D eigenvalue weighted by molar-refractivity contribution is 0.0730. The van der Waals surface area contributed by atoms with Gasteiger partial charge in [0.2, 0.25) is 0 Å². The lowest BCUT2D eigenvalue weighted by atomic mass is 10.00. The van der Waals surface area contributed by atoms with Gasteiger partial charge in [-0.15, -0.1) is 12.4 Å². The number of rotatable bonds is 4. The van der Waals surface area contributed by atoms with Crippen molar-refractivity contribution in [3.63, 3.8) is 0 Å². The van der Waals surface area contributed by atoms with Crippen LogP contribution < -0.4 is 10.2 Å². The molecule has 34 heavy (non-hydrogen) atoms. The molecular formula is C27H34ClN5O. The topological polar surface area (TPSA) is 53.4 Å². The van der Waals surface area contributed by atoms with Crippen LogP contribution in [0.25, 0.3) is 10.9 Å². The third-order valence-electron chi connectivity index (χ3n) is 7.79. The molecule has 1 aliphatic carbocycles. The molecule has 3 aromatic rings. The molecule has 1 amide bonds. The first-order valence-electron chi connectivity index (χ1n) is 12.4. The number of hydrogen-bond donors (Lipinski definition) is 1. The lowest BCUT2D eigenvalue weighted by Gasteiger charge is -2.32. The molecule has 2 aromatic heterocycles. The van der Waals surface area contributed by atoms with Gasteiger partial charge < -0.3 is 19.7 Å². The number of anilines is 1. The SMILES string of the molecule is Cc1c(C)n(CC2CC2)c2c(N3CCc4ccccc4C3)nc(C(=O)N3CCNCC3)cc12.Cl. The summed E-state index contributed by atoms with van der Waals surface area (Å²) in [5, 5.41) is 4.53. The van der Waals surface area contributed by atoms with Crippen LogP contribution in [-0.2, 0) is 19.5 Å². The number of piperazine rings is 1. The average molecular weight is 480 g/mol. The molecule has 1 saturated heterocycles. The molecule has 3 aliphatic rings. The van der Waals surface area contributed by atoms with E-state index in [0.29, 0.717) is 5.69 Å². The van der Waals surface area contributed by atoms with Gasteiger partial charge in [-0.25, -0.2) is 4.98 Å². The molecule has 2 fully saturated rings. The summed E-state index contributed by atoms with van der Waals surface area (Å²) in [5.41, 5.74) is 7.19. The second kappa shape index (κ2) is 9.23. The zero-order valence-corrected chi connectivity index (χ0v) is 21.0. The van der Waals surface area contributed by atoms with E-state index in [-0.39, 0.29) is 18.3 Å². The number of halogens is 1. The quantitative estimate of drug-likeness (QED) is 0.612. The van der Waals surface area contributed by atoms with Gasteiger partial charge in [-0.2, -0.15) is 0 Å². The molecule has 1 aromatic carbocycles. The van der Waals surface area contributed by atoms with Gasteiger partial charge in [-0.1, -0.05) is 24.3 Å². The van der Waals surface area contributed by atoms with Crippen LogP contribution in [0.1, 0.15) is 45.7 Å². The van der Waals surface area contributed by atoms with Crippen LogP contribution >= 0.6 is 12.4 Å². The molecular weight excluding hydrogens is 446 g/mol. The Balaban J connectivity index is 0.00000241. The third kappa shape index (κ3) is 4.07. The summed E-state index contributed by atoms with van der Waals surface area (Å²) < 4.78 is 2.49. The van der Waals surface area contributed by atoms with Crippen LogP contribution in [0.2, 0.25) is 0 Å². The summed E-state index contributed by atoms with van der Waals surface area (Å²) in [7, 11) is 0. The number of nitrogens with zero attached hydrogens (tertiary/aromatic N) is 4. The minimum atomic E-state index is 0. The van der Waals surface area contributed by atoms with Crippen molar-refractivity contribution in [2.24, 2.45) is 5.92 Å². The van der Waals surface area contributed by atoms with Gasteiger partial charge in [0.05, 0.1) is 5.52 Å². The fourth-order valence-corrected chi connectivity index (χ4v) is 5.47. The highest BCUT2D eigenvalue weighted by molar-refractivity contribution is 6.01. The largest absolute Gasteiger partial charge is 0.350 e. The van der Waals surface area contributed by atoms with Crippen LogP contribution in [0, 0.1) is 19.8 Å². The van der Waals surface area contributed by atoms with Crippen molar-refractivity contribution in [3.05, 3.63) is 58.4 Å². The van der Waals surface area contributed by atoms with E-state index in [0.717, 1.165) is 64.0 Å². The van der Waals surface area contributed by atoms with Crippen molar-refractivity contribution < 1.29 is 4.79 Å². The molecule has 1 saturated carbocycles. The molecule has 0 atom stereocenters. The zero-order valence-electron chi connectivity index (χ0n) is 20.1. The molecule has 6 rings (SSSR count). The average Bonchev–Trinajstić information content (AvgIpc) is 3.66. The Hall–Kier alpha value is -2.57. The molecule has 6 nitrogen and oxygen atoms in total. The Morgan fingerprint density at radius 1 is 1.09 bits per heavy atom. The van der Waals surface area contributed by atoms with E-state index in [1.807, 2.05) is 4.90 Å². The number of benzene rings is 1. The summed E-state index contributed by atoms with van der Waals surface area (Å²) in [6.07, 6.45) is 3.64. The number of fused-ring (bicyclic) bond motifs is 2. The van der Waals surface area contributed by atoms with Gasteiger partial charge >= 0.3 is 0 Å². The van der Waals surface area contributed by atoms with Gasteiger partial charge in [0.25, 0.3) is 5.91 Å². The number of nitrogens with one attached hydrogen (secondary N) is 1. The van der Waals surface area contributed by atoms with Gasteiger partial charge in [0.1, 0.15) is 5.69 Å². The number of carbonyl (C=O) groups is 1. The van der Waals surface area contributed by atoms with Crippen LogP contribution in [0.15, 0.2) is 30.3 Å². The Bertz CT molecular complexity index is 1230. The molecule has 0 radical (unpaired) electrons. The highest BCUT2D eigenvalue weighted by Crippen LogP contribution is 2.38. The molecule has 4 heterocycles. The molecule has 0 unspecified atom stereocenters. The summed E-state index contributed by atoms with van der Waals surface area (Å²) in [6.45, 7) is 10.4. The smallest absolute Gasteiger partial charge is 0.272 e. The number of carbonyl (C=O) groups excluding carboxylic acids is 1. The maximum absolute atomic E-state index is 13.5. The molecule has 0 spiro atoms. The first kappa shape index (κ1) is 23.2. The fraction of sp³-hybridized carbons (Fsp3) is 0.481. The highest BCUT2D eigenvalue weighted by Gasteiger charge is 2.29. The normalized spacial score (nSPS) is 18.1. The van der Waals surface area contributed by atoms with E-state index in [1.54, 1.807) is 0 Å². The van der Waals surface area contributed by atoms with E-state index in [9.17, 15) is 4.79 Å². The first-order valence-corrected chi connectivity index (χ1v) is 12.4. The Labute approximate surface area is 207 Å². The van der Waals surface area contributed by atoms with Crippen molar-refractivity contribution in [2.45, 2.75) is 46.2 Å². The highest BCUT2D eigenvalue weighted by atomic mass is 35.5. The minimum absolute atomic E-state index is 0. The molecule has 7 heteroatoms. The predicted molar refractivity (Wildman–Crippen MR) is 139 cm³/mol. The molecule has 180 valence electrons. The summed E-state index contributed by atoms with van der Waals surface area (Å²) in [4.78, 5) is 22.9. The van der Waals surface area contributed by atoms with Gasteiger partial charge in [0.15, 0.2) is 5.82 Å². The van der Waals surface area contributed by atoms with Crippen LogP contribution in [-0.4, -0.2) is 53.1 Å². The number of pyridine rings is 1. The standard InChI is InChI=1S/C27H33N5O.ClH/c1-18-19(2)32(16-20-7-8-20)25-23(18)15-24(27(33)30-13-10-28-11-14-30)29-26(25)31-12-9-21-5-3-4-6-22(21)17-31;/h3-6,15,20,28H,7-14,16-17H2,1-2H3;1H. The summed E-state index contributed by atoms with van der Waals surface area (Å²) in [6, 6.07) is 10.8. The van der Waals surface area contributed by atoms with Crippen molar-refractivity contribution in [2.75, 3.05) is 37.6 Å². The van der Waals surface area contributed by atoms with E-state index < -0.39 is 0 Å². The predicted octanol–water partition coefficient (Wildman–Crippen LogP) is 4.09. The second-order valence-corrected chi connectivity index (χ2v) is 9.97. The van der Waals surface area contributed by atoms with Gasteiger partial charge in [-0.05, 0) is 61.8 Å².